The minimum Gasteiger partial charge on any atom is -0.380 e. The minimum absolute atomic E-state index is 0.144. The van der Waals surface area contributed by atoms with Gasteiger partial charge in [-0.25, -0.2) is 8.42 Å². The van der Waals surface area contributed by atoms with Crippen LogP contribution in [0, 0.1) is 6.92 Å². The van der Waals surface area contributed by atoms with Crippen LogP contribution in [0.2, 0.25) is 0 Å². The van der Waals surface area contributed by atoms with E-state index in [2.05, 4.69) is 22.4 Å². The predicted molar refractivity (Wildman–Crippen MR) is 79.5 cm³/mol. The molecule has 21 heavy (non-hydrogen) atoms. The van der Waals surface area contributed by atoms with Crippen LogP contribution in [0.15, 0.2) is 5.03 Å². The predicted octanol–water partition coefficient (Wildman–Crippen LogP) is 0.629. The quantitative estimate of drug-likeness (QED) is 0.752. The topological polar surface area (TPSA) is 87.3 Å². The van der Waals surface area contributed by atoms with Gasteiger partial charge in [-0.3, -0.25) is 5.10 Å². The summed E-state index contributed by atoms with van der Waals surface area (Å²) < 4.78 is 32.3. The zero-order valence-electron chi connectivity index (χ0n) is 12.7. The van der Waals surface area contributed by atoms with Crippen molar-refractivity contribution in [3.63, 3.8) is 0 Å². The van der Waals surface area contributed by atoms with E-state index >= 15 is 0 Å². The Morgan fingerprint density at radius 3 is 2.95 bits per heavy atom. The lowest BCUT2D eigenvalue weighted by Gasteiger charge is -2.18. The first kappa shape index (κ1) is 16.4. The molecule has 1 fully saturated rings. The van der Waals surface area contributed by atoms with Crippen molar-refractivity contribution >= 4 is 10.0 Å². The smallest absolute Gasteiger partial charge is 0.262 e. The van der Waals surface area contributed by atoms with Crippen LogP contribution in [-0.2, 0) is 21.3 Å². The van der Waals surface area contributed by atoms with E-state index < -0.39 is 10.0 Å². The van der Waals surface area contributed by atoms with Gasteiger partial charge in [-0.15, -0.1) is 0 Å². The fourth-order valence-corrected chi connectivity index (χ4v) is 3.95. The molecular weight excluding hydrogens is 292 g/mol. The maximum Gasteiger partial charge on any atom is 0.262 e. The summed E-state index contributed by atoms with van der Waals surface area (Å²) in [4.78, 5) is 0. The summed E-state index contributed by atoms with van der Waals surface area (Å²) >= 11 is 0. The Kier molecular flexibility index (Phi) is 5.74. The van der Waals surface area contributed by atoms with Gasteiger partial charge in [-0.1, -0.05) is 6.92 Å². The third-order valence-corrected chi connectivity index (χ3v) is 5.40. The number of nitrogens with zero attached hydrogens (tertiary/aromatic N) is 2. The van der Waals surface area contributed by atoms with E-state index in [4.69, 9.17) is 4.74 Å². The maximum atomic E-state index is 12.8. The Bertz CT molecular complexity index is 548. The van der Waals surface area contributed by atoms with Crippen LogP contribution < -0.4 is 5.32 Å². The molecule has 0 atom stereocenters. The molecule has 2 rings (SSSR count). The van der Waals surface area contributed by atoms with E-state index in [0.29, 0.717) is 39.3 Å². The highest BCUT2D eigenvalue weighted by Gasteiger charge is 2.30. The van der Waals surface area contributed by atoms with Crippen LogP contribution in [0.1, 0.15) is 31.0 Å². The van der Waals surface area contributed by atoms with E-state index in [1.54, 1.807) is 0 Å². The Balaban J connectivity index is 2.22. The van der Waals surface area contributed by atoms with Gasteiger partial charge in [-0.2, -0.15) is 9.40 Å². The lowest BCUT2D eigenvalue weighted by atomic mass is 10.2. The number of ether oxygens (including phenoxy) is 1. The highest BCUT2D eigenvalue weighted by molar-refractivity contribution is 7.89. The molecule has 0 spiro atoms. The van der Waals surface area contributed by atoms with Gasteiger partial charge in [0.1, 0.15) is 0 Å². The van der Waals surface area contributed by atoms with Crippen molar-refractivity contribution < 1.29 is 13.2 Å². The largest absolute Gasteiger partial charge is 0.380 e. The molecule has 7 nitrogen and oxygen atoms in total. The van der Waals surface area contributed by atoms with E-state index in [1.165, 1.54) is 4.31 Å². The van der Waals surface area contributed by atoms with Gasteiger partial charge in [-0.05, 0) is 26.3 Å². The van der Waals surface area contributed by atoms with E-state index in [1.807, 2.05) is 6.92 Å². The number of sulfonamides is 1. The highest BCUT2D eigenvalue weighted by atomic mass is 32.2. The second kappa shape index (κ2) is 7.35. The monoisotopic (exact) mass is 316 g/mol. The molecule has 0 bridgehead atoms. The molecule has 1 aromatic heterocycles. The SMILES string of the molecule is CCCNCc1c(S(=O)(=O)N2CCCOCC2)n[nH]c1C. The van der Waals surface area contributed by atoms with Crippen LogP contribution in [-0.4, -0.2) is 55.8 Å². The van der Waals surface area contributed by atoms with Gasteiger partial charge in [0.15, 0.2) is 5.03 Å². The molecule has 1 aliphatic rings. The van der Waals surface area contributed by atoms with Crippen LogP contribution in [0.25, 0.3) is 0 Å². The summed E-state index contributed by atoms with van der Waals surface area (Å²) in [6.45, 7) is 7.19. The van der Waals surface area contributed by atoms with Gasteiger partial charge in [0.2, 0.25) is 0 Å². The first-order valence-corrected chi connectivity index (χ1v) is 8.83. The highest BCUT2D eigenvalue weighted by Crippen LogP contribution is 2.21. The Labute approximate surface area is 126 Å². The van der Waals surface area contributed by atoms with Crippen molar-refractivity contribution in [3.8, 4) is 0 Å². The standard InChI is InChI=1S/C13H24N4O3S/c1-3-5-14-10-12-11(2)15-16-13(12)21(18,19)17-6-4-8-20-9-7-17/h14H,3-10H2,1-2H3,(H,15,16). The molecule has 1 aromatic rings. The molecule has 0 amide bonds. The Morgan fingerprint density at radius 2 is 2.19 bits per heavy atom. The summed E-state index contributed by atoms with van der Waals surface area (Å²) in [6, 6.07) is 0. The van der Waals surface area contributed by atoms with Crippen molar-refractivity contribution in [1.82, 2.24) is 19.8 Å². The van der Waals surface area contributed by atoms with Crippen molar-refractivity contribution in [2.45, 2.75) is 38.3 Å². The number of aromatic nitrogens is 2. The van der Waals surface area contributed by atoms with Crippen molar-refractivity contribution in [2.24, 2.45) is 0 Å². The number of rotatable bonds is 6. The molecule has 1 aliphatic heterocycles. The lowest BCUT2D eigenvalue weighted by Crippen LogP contribution is -2.34. The molecule has 0 unspecified atom stereocenters. The molecule has 0 saturated carbocycles. The normalized spacial score (nSPS) is 17.8. The minimum atomic E-state index is -3.56. The van der Waals surface area contributed by atoms with Crippen LogP contribution >= 0.6 is 0 Å². The van der Waals surface area contributed by atoms with Crippen LogP contribution in [0.3, 0.4) is 0 Å². The Morgan fingerprint density at radius 1 is 1.38 bits per heavy atom. The van der Waals surface area contributed by atoms with Gasteiger partial charge in [0, 0.05) is 37.5 Å². The molecule has 0 aromatic carbocycles. The number of H-pyrrole nitrogens is 1. The van der Waals surface area contributed by atoms with Crippen molar-refractivity contribution in [2.75, 3.05) is 32.8 Å². The van der Waals surface area contributed by atoms with Crippen LogP contribution in [0.4, 0.5) is 0 Å². The van der Waals surface area contributed by atoms with Crippen molar-refractivity contribution in [1.29, 1.82) is 0 Å². The summed E-state index contributed by atoms with van der Waals surface area (Å²) in [5.74, 6) is 0. The molecule has 120 valence electrons. The molecule has 2 N–H and O–H groups in total. The number of hydrogen-bond acceptors (Lipinski definition) is 5. The number of aryl methyl sites for hydroxylation is 1. The lowest BCUT2D eigenvalue weighted by molar-refractivity contribution is 0.148. The van der Waals surface area contributed by atoms with Gasteiger partial charge < -0.3 is 10.1 Å². The number of nitrogens with one attached hydrogen (secondary N) is 2. The summed E-state index contributed by atoms with van der Waals surface area (Å²) in [5, 5.41) is 10.2. The number of hydrogen-bond donors (Lipinski definition) is 2. The second-order valence-corrected chi connectivity index (χ2v) is 7.03. The Hall–Kier alpha value is -0.960. The summed E-state index contributed by atoms with van der Waals surface area (Å²) in [6.07, 6.45) is 1.72. The summed E-state index contributed by atoms with van der Waals surface area (Å²) in [7, 11) is -3.56. The molecule has 0 aliphatic carbocycles. The fourth-order valence-electron chi connectivity index (χ4n) is 2.33. The van der Waals surface area contributed by atoms with Gasteiger partial charge in [0.25, 0.3) is 10.0 Å². The second-order valence-electron chi connectivity index (χ2n) is 5.18. The maximum absolute atomic E-state index is 12.8. The average Bonchev–Trinajstić information content (AvgIpc) is 2.68. The molecule has 1 saturated heterocycles. The van der Waals surface area contributed by atoms with Crippen LogP contribution in [0.5, 0.6) is 0 Å². The van der Waals surface area contributed by atoms with E-state index in [-0.39, 0.29) is 5.03 Å². The summed E-state index contributed by atoms with van der Waals surface area (Å²) in [5.41, 5.74) is 1.52. The third-order valence-electron chi connectivity index (χ3n) is 3.53. The first-order chi connectivity index (χ1) is 10.1. The van der Waals surface area contributed by atoms with Gasteiger partial charge >= 0.3 is 0 Å². The molecule has 0 radical (unpaired) electrons. The van der Waals surface area contributed by atoms with E-state index in [9.17, 15) is 8.42 Å². The molecule has 2 heterocycles. The molecular formula is C13H24N4O3S. The third kappa shape index (κ3) is 3.82. The van der Waals surface area contributed by atoms with Gasteiger partial charge in [0.05, 0.1) is 6.61 Å². The number of aromatic amines is 1. The van der Waals surface area contributed by atoms with Crippen molar-refractivity contribution in [3.05, 3.63) is 11.3 Å². The van der Waals surface area contributed by atoms with E-state index in [0.717, 1.165) is 24.2 Å². The fraction of sp³-hybridized carbons (Fsp3) is 0.769. The first-order valence-electron chi connectivity index (χ1n) is 7.39. The zero-order chi connectivity index (χ0) is 15.3. The average molecular weight is 316 g/mol. The zero-order valence-corrected chi connectivity index (χ0v) is 13.5. The molecule has 8 heteroatoms.